The fraction of sp³-hybridized carbons (Fsp3) is 0.500. The predicted molar refractivity (Wildman–Crippen MR) is 121 cm³/mol. The van der Waals surface area contributed by atoms with E-state index < -0.39 is 0 Å². The maximum Gasteiger partial charge on any atom is 0.226 e. The molecule has 0 spiro atoms. The Kier molecular flexibility index (Phi) is 8.56. The smallest absolute Gasteiger partial charge is 0.226 e. The molecule has 1 aliphatic carbocycles. The van der Waals surface area contributed by atoms with Crippen molar-refractivity contribution in [2.45, 2.75) is 39.3 Å². The van der Waals surface area contributed by atoms with E-state index in [2.05, 4.69) is 51.5 Å². The molecule has 0 radical (unpaired) electrons. The van der Waals surface area contributed by atoms with E-state index in [4.69, 9.17) is 4.42 Å². The van der Waals surface area contributed by atoms with Crippen LogP contribution >= 0.6 is 24.0 Å². The highest BCUT2D eigenvalue weighted by atomic mass is 127. The monoisotopic (exact) mass is 483 g/mol. The number of nitrogens with zero attached hydrogens (tertiary/aromatic N) is 3. The lowest BCUT2D eigenvalue weighted by Gasteiger charge is -2.20. The summed E-state index contributed by atoms with van der Waals surface area (Å²) in [7, 11) is 1.79. The number of likely N-dealkylation sites (N-methyl/N-ethyl adjacent to an activating group) is 1. The number of aliphatic imine (C=N–C) groups is 1. The molecule has 3 rings (SSSR count). The lowest BCUT2D eigenvalue weighted by atomic mass is 10.1. The summed E-state index contributed by atoms with van der Waals surface area (Å²) in [6, 6.07) is 8.97. The standard InChI is InChI=1S/C20H29N5O.HI/c1-4-25(18-9-10-18)12-11-22-20(21-3)23-13-17-14-26-19(24-17)16-7-5-15(2)6-8-16;/h5-8,14,18H,4,9-13H2,1-3H3,(H2,21,22,23);1H. The van der Waals surface area contributed by atoms with Gasteiger partial charge in [-0.25, -0.2) is 4.98 Å². The molecule has 0 unspecified atom stereocenters. The molecule has 2 N–H and O–H groups in total. The first-order valence-electron chi connectivity index (χ1n) is 9.39. The molecule has 1 aromatic heterocycles. The third-order valence-electron chi connectivity index (χ3n) is 4.67. The molecule has 1 aliphatic rings. The Bertz CT molecular complexity index is 724. The number of aryl methyl sites for hydroxylation is 1. The van der Waals surface area contributed by atoms with E-state index in [1.54, 1.807) is 13.3 Å². The van der Waals surface area contributed by atoms with Crippen molar-refractivity contribution in [3.8, 4) is 11.5 Å². The zero-order valence-electron chi connectivity index (χ0n) is 16.4. The molecular weight excluding hydrogens is 453 g/mol. The average molecular weight is 483 g/mol. The van der Waals surface area contributed by atoms with Crippen LogP contribution in [0.2, 0.25) is 0 Å². The first-order chi connectivity index (χ1) is 12.7. The average Bonchev–Trinajstić information content (AvgIpc) is 3.39. The predicted octanol–water partition coefficient (Wildman–Crippen LogP) is 3.42. The number of halogens is 1. The van der Waals surface area contributed by atoms with Crippen molar-refractivity contribution in [3.05, 3.63) is 41.8 Å². The Labute approximate surface area is 178 Å². The zero-order chi connectivity index (χ0) is 18.4. The van der Waals surface area contributed by atoms with Gasteiger partial charge in [0.1, 0.15) is 6.26 Å². The van der Waals surface area contributed by atoms with Gasteiger partial charge in [0, 0.05) is 31.7 Å². The number of oxazole rings is 1. The molecule has 7 heteroatoms. The molecule has 0 saturated heterocycles. The van der Waals surface area contributed by atoms with Gasteiger partial charge in [-0.05, 0) is 38.4 Å². The van der Waals surface area contributed by atoms with Crippen LogP contribution in [0, 0.1) is 6.92 Å². The number of nitrogens with one attached hydrogen (secondary N) is 2. The molecule has 2 aromatic rings. The molecule has 1 aromatic carbocycles. The molecule has 1 fully saturated rings. The van der Waals surface area contributed by atoms with Crippen LogP contribution < -0.4 is 10.6 Å². The van der Waals surface area contributed by atoms with Gasteiger partial charge in [0.15, 0.2) is 5.96 Å². The molecule has 0 aliphatic heterocycles. The van der Waals surface area contributed by atoms with Gasteiger partial charge in [0.2, 0.25) is 5.89 Å². The number of guanidine groups is 1. The molecule has 0 atom stereocenters. The molecule has 1 heterocycles. The normalized spacial score (nSPS) is 14.1. The Morgan fingerprint density at radius 1 is 1.26 bits per heavy atom. The summed E-state index contributed by atoms with van der Waals surface area (Å²) in [6.07, 6.45) is 4.38. The number of aromatic nitrogens is 1. The Morgan fingerprint density at radius 2 is 2.00 bits per heavy atom. The third kappa shape index (κ3) is 6.49. The summed E-state index contributed by atoms with van der Waals surface area (Å²) >= 11 is 0. The van der Waals surface area contributed by atoms with Gasteiger partial charge in [-0.3, -0.25) is 9.89 Å². The third-order valence-corrected chi connectivity index (χ3v) is 4.67. The van der Waals surface area contributed by atoms with E-state index in [0.29, 0.717) is 12.4 Å². The summed E-state index contributed by atoms with van der Waals surface area (Å²) in [5.74, 6) is 1.43. The van der Waals surface area contributed by atoms with Crippen LogP contribution in [0.4, 0.5) is 0 Å². The van der Waals surface area contributed by atoms with Gasteiger partial charge in [-0.2, -0.15) is 0 Å². The van der Waals surface area contributed by atoms with Crippen molar-refractivity contribution in [1.82, 2.24) is 20.5 Å². The minimum Gasteiger partial charge on any atom is -0.444 e. The summed E-state index contributed by atoms with van der Waals surface area (Å²) in [5.41, 5.74) is 3.07. The van der Waals surface area contributed by atoms with Gasteiger partial charge in [-0.15, -0.1) is 24.0 Å². The Balaban J connectivity index is 0.00000261. The van der Waals surface area contributed by atoms with E-state index in [1.807, 2.05) is 12.1 Å². The van der Waals surface area contributed by atoms with Crippen molar-refractivity contribution in [2.24, 2.45) is 4.99 Å². The maximum atomic E-state index is 5.60. The minimum absolute atomic E-state index is 0. The number of benzene rings is 1. The van der Waals surface area contributed by atoms with E-state index in [1.165, 1.54) is 18.4 Å². The minimum atomic E-state index is 0. The zero-order valence-corrected chi connectivity index (χ0v) is 18.7. The Morgan fingerprint density at radius 3 is 2.63 bits per heavy atom. The van der Waals surface area contributed by atoms with Crippen LogP contribution in [-0.4, -0.2) is 48.6 Å². The number of hydrogen-bond donors (Lipinski definition) is 2. The summed E-state index contributed by atoms with van der Waals surface area (Å²) < 4.78 is 5.60. The van der Waals surface area contributed by atoms with E-state index in [9.17, 15) is 0 Å². The lowest BCUT2D eigenvalue weighted by Crippen LogP contribution is -2.41. The lowest BCUT2D eigenvalue weighted by molar-refractivity contribution is 0.282. The summed E-state index contributed by atoms with van der Waals surface area (Å²) in [4.78, 5) is 11.3. The van der Waals surface area contributed by atoms with Crippen LogP contribution in [0.3, 0.4) is 0 Å². The van der Waals surface area contributed by atoms with Crippen molar-refractivity contribution < 1.29 is 4.42 Å². The Hall–Kier alpha value is -1.61. The van der Waals surface area contributed by atoms with Crippen LogP contribution in [0.1, 0.15) is 31.0 Å². The first-order valence-corrected chi connectivity index (χ1v) is 9.39. The van der Waals surface area contributed by atoms with Gasteiger partial charge in [0.05, 0.1) is 12.2 Å². The SMILES string of the molecule is CCN(CCNC(=NC)NCc1coc(-c2ccc(C)cc2)n1)C1CC1.I. The fourth-order valence-corrected chi connectivity index (χ4v) is 2.97. The molecule has 148 valence electrons. The van der Waals surface area contributed by atoms with Gasteiger partial charge < -0.3 is 15.1 Å². The van der Waals surface area contributed by atoms with Crippen molar-refractivity contribution >= 4 is 29.9 Å². The van der Waals surface area contributed by atoms with Gasteiger partial charge in [0.25, 0.3) is 0 Å². The van der Waals surface area contributed by atoms with Crippen LogP contribution in [0.15, 0.2) is 39.9 Å². The molecule has 27 heavy (non-hydrogen) atoms. The summed E-state index contributed by atoms with van der Waals surface area (Å²) in [5, 5.41) is 6.66. The molecule has 6 nitrogen and oxygen atoms in total. The first kappa shape index (κ1) is 21.7. The molecular formula is C20H30IN5O. The van der Waals surface area contributed by atoms with E-state index in [0.717, 1.165) is 42.9 Å². The second kappa shape index (κ2) is 10.7. The van der Waals surface area contributed by atoms with Crippen LogP contribution in [-0.2, 0) is 6.54 Å². The maximum absolute atomic E-state index is 5.60. The summed E-state index contributed by atoms with van der Waals surface area (Å²) in [6.45, 7) is 7.91. The van der Waals surface area contributed by atoms with Crippen LogP contribution in [0.25, 0.3) is 11.5 Å². The second-order valence-electron chi connectivity index (χ2n) is 6.72. The van der Waals surface area contributed by atoms with Crippen molar-refractivity contribution in [3.63, 3.8) is 0 Å². The van der Waals surface area contributed by atoms with Crippen molar-refractivity contribution in [1.29, 1.82) is 0 Å². The van der Waals surface area contributed by atoms with Crippen molar-refractivity contribution in [2.75, 3.05) is 26.7 Å². The quantitative estimate of drug-likeness (QED) is 0.342. The van der Waals surface area contributed by atoms with E-state index in [-0.39, 0.29) is 24.0 Å². The van der Waals surface area contributed by atoms with Gasteiger partial charge >= 0.3 is 0 Å². The molecule has 1 saturated carbocycles. The largest absolute Gasteiger partial charge is 0.444 e. The van der Waals surface area contributed by atoms with Gasteiger partial charge in [-0.1, -0.05) is 24.6 Å². The van der Waals surface area contributed by atoms with Crippen LogP contribution in [0.5, 0.6) is 0 Å². The topological polar surface area (TPSA) is 65.7 Å². The molecule has 0 amide bonds. The van der Waals surface area contributed by atoms with E-state index >= 15 is 0 Å². The number of hydrogen-bond acceptors (Lipinski definition) is 4. The second-order valence-corrected chi connectivity index (χ2v) is 6.72. The highest BCUT2D eigenvalue weighted by Crippen LogP contribution is 2.25. The highest BCUT2D eigenvalue weighted by Gasteiger charge is 2.27. The highest BCUT2D eigenvalue weighted by molar-refractivity contribution is 14.0. The number of rotatable bonds is 8. The fourth-order valence-electron chi connectivity index (χ4n) is 2.97. The molecule has 0 bridgehead atoms.